The Balaban J connectivity index is 2.25. The molecular formula is C22H28N2. The van der Waals surface area contributed by atoms with Gasteiger partial charge in [-0.2, -0.15) is 0 Å². The van der Waals surface area contributed by atoms with Crippen molar-refractivity contribution in [3.63, 3.8) is 0 Å². The van der Waals surface area contributed by atoms with E-state index in [9.17, 15) is 0 Å². The van der Waals surface area contributed by atoms with Crippen LogP contribution in [0.15, 0.2) is 30.3 Å². The molecule has 126 valence electrons. The first-order valence-electron chi connectivity index (χ1n) is 8.72. The number of nitrogens with zero attached hydrogens (tertiary/aromatic N) is 2. The lowest BCUT2D eigenvalue weighted by Crippen LogP contribution is -2.20. The Morgan fingerprint density at radius 3 is 2.08 bits per heavy atom. The summed E-state index contributed by atoms with van der Waals surface area (Å²) in [4.78, 5) is 4.95. The minimum atomic E-state index is 0.0136. The highest BCUT2D eigenvalue weighted by Crippen LogP contribution is 2.29. The molecule has 0 saturated heterocycles. The molecule has 2 heteroatoms. The van der Waals surface area contributed by atoms with Crippen LogP contribution in [0.25, 0.3) is 11.0 Å². The fraction of sp³-hybridized carbons (Fsp3) is 0.409. The van der Waals surface area contributed by atoms with Crippen LogP contribution in [0.1, 0.15) is 54.4 Å². The van der Waals surface area contributed by atoms with Gasteiger partial charge in [0.05, 0.1) is 11.0 Å². The van der Waals surface area contributed by atoms with Crippen LogP contribution in [0.2, 0.25) is 0 Å². The van der Waals surface area contributed by atoms with Crippen molar-refractivity contribution in [3.05, 3.63) is 64.0 Å². The van der Waals surface area contributed by atoms with E-state index in [0.717, 1.165) is 17.9 Å². The van der Waals surface area contributed by atoms with Crippen molar-refractivity contribution in [2.75, 3.05) is 0 Å². The maximum Gasteiger partial charge on any atom is 0.115 e. The molecular weight excluding hydrogens is 292 g/mol. The Morgan fingerprint density at radius 2 is 1.50 bits per heavy atom. The molecule has 0 amide bonds. The SMILES string of the molecule is Cc1cc(C)c(C)c(Cn2c(C(C)(C)C)nc3ccccc32)c1C. The summed E-state index contributed by atoms with van der Waals surface area (Å²) in [5.41, 5.74) is 9.29. The van der Waals surface area contributed by atoms with E-state index in [1.54, 1.807) is 0 Å². The number of aromatic nitrogens is 2. The van der Waals surface area contributed by atoms with Crippen molar-refractivity contribution in [2.24, 2.45) is 0 Å². The maximum atomic E-state index is 4.95. The van der Waals surface area contributed by atoms with Gasteiger partial charge < -0.3 is 4.57 Å². The van der Waals surface area contributed by atoms with Gasteiger partial charge in [0.15, 0.2) is 0 Å². The topological polar surface area (TPSA) is 17.8 Å². The molecule has 0 spiro atoms. The van der Waals surface area contributed by atoms with Gasteiger partial charge in [0.1, 0.15) is 5.82 Å². The van der Waals surface area contributed by atoms with Gasteiger partial charge >= 0.3 is 0 Å². The summed E-state index contributed by atoms with van der Waals surface area (Å²) >= 11 is 0. The maximum absolute atomic E-state index is 4.95. The fourth-order valence-corrected chi connectivity index (χ4v) is 3.50. The molecule has 0 N–H and O–H groups in total. The molecule has 0 radical (unpaired) electrons. The van der Waals surface area contributed by atoms with E-state index in [1.165, 1.54) is 33.3 Å². The first-order valence-corrected chi connectivity index (χ1v) is 8.72. The summed E-state index contributed by atoms with van der Waals surface area (Å²) in [6.45, 7) is 16.5. The second-order valence-corrected chi connectivity index (χ2v) is 8.00. The largest absolute Gasteiger partial charge is 0.323 e. The third-order valence-electron chi connectivity index (χ3n) is 5.16. The minimum absolute atomic E-state index is 0.0136. The number of fused-ring (bicyclic) bond motifs is 1. The molecule has 0 saturated carbocycles. The number of hydrogen-bond acceptors (Lipinski definition) is 1. The van der Waals surface area contributed by atoms with Crippen LogP contribution in [-0.2, 0) is 12.0 Å². The minimum Gasteiger partial charge on any atom is -0.323 e. The standard InChI is InChI=1S/C22H28N2/c1-14-12-15(2)17(4)18(16(14)3)13-24-20-11-9-8-10-19(20)23-21(24)22(5,6)7/h8-12H,13H2,1-7H3. The van der Waals surface area contributed by atoms with Crippen LogP contribution in [0.5, 0.6) is 0 Å². The van der Waals surface area contributed by atoms with Gasteiger partial charge in [-0.05, 0) is 67.6 Å². The highest BCUT2D eigenvalue weighted by atomic mass is 15.1. The summed E-state index contributed by atoms with van der Waals surface area (Å²) in [5, 5.41) is 0. The van der Waals surface area contributed by atoms with Gasteiger partial charge in [0.2, 0.25) is 0 Å². The molecule has 0 aliphatic carbocycles. The molecule has 0 unspecified atom stereocenters. The quantitative estimate of drug-likeness (QED) is 0.599. The molecule has 1 aromatic heterocycles. The van der Waals surface area contributed by atoms with E-state index in [1.807, 2.05) is 0 Å². The number of rotatable bonds is 2. The van der Waals surface area contributed by atoms with E-state index >= 15 is 0 Å². The lowest BCUT2D eigenvalue weighted by Gasteiger charge is -2.22. The van der Waals surface area contributed by atoms with Gasteiger partial charge in [0, 0.05) is 12.0 Å². The second-order valence-electron chi connectivity index (χ2n) is 8.00. The van der Waals surface area contributed by atoms with E-state index in [0.29, 0.717) is 0 Å². The van der Waals surface area contributed by atoms with Crippen LogP contribution in [0.3, 0.4) is 0 Å². The predicted octanol–water partition coefficient (Wildman–Crippen LogP) is 5.62. The van der Waals surface area contributed by atoms with Crippen molar-refractivity contribution in [2.45, 2.75) is 60.4 Å². The summed E-state index contributed by atoms with van der Waals surface area (Å²) in [5.74, 6) is 1.15. The van der Waals surface area contributed by atoms with Crippen LogP contribution >= 0.6 is 0 Å². The molecule has 0 bridgehead atoms. The Morgan fingerprint density at radius 1 is 0.917 bits per heavy atom. The summed E-state index contributed by atoms with van der Waals surface area (Å²) in [6.07, 6.45) is 0. The Bertz CT molecular complexity index is 882. The summed E-state index contributed by atoms with van der Waals surface area (Å²) < 4.78 is 2.41. The van der Waals surface area contributed by atoms with Crippen LogP contribution in [0, 0.1) is 27.7 Å². The molecule has 0 atom stereocenters. The zero-order valence-corrected chi connectivity index (χ0v) is 16.0. The van der Waals surface area contributed by atoms with E-state index < -0.39 is 0 Å². The highest BCUT2D eigenvalue weighted by molar-refractivity contribution is 5.76. The Kier molecular flexibility index (Phi) is 4.03. The highest BCUT2D eigenvalue weighted by Gasteiger charge is 2.23. The van der Waals surface area contributed by atoms with Crippen LogP contribution in [-0.4, -0.2) is 9.55 Å². The zero-order chi connectivity index (χ0) is 17.6. The number of hydrogen-bond donors (Lipinski definition) is 0. The van der Waals surface area contributed by atoms with Crippen LogP contribution < -0.4 is 0 Å². The van der Waals surface area contributed by atoms with E-state index in [-0.39, 0.29) is 5.41 Å². The molecule has 1 heterocycles. The Hall–Kier alpha value is -2.09. The molecule has 3 rings (SSSR count). The lowest BCUT2D eigenvalue weighted by atomic mass is 9.93. The van der Waals surface area contributed by atoms with Gasteiger partial charge in [0.25, 0.3) is 0 Å². The molecule has 0 aliphatic heterocycles. The molecule has 0 aliphatic rings. The molecule has 2 nitrogen and oxygen atoms in total. The smallest absolute Gasteiger partial charge is 0.115 e. The first kappa shape index (κ1) is 16.8. The number of imidazole rings is 1. The van der Waals surface area contributed by atoms with Gasteiger partial charge in [-0.25, -0.2) is 4.98 Å². The second kappa shape index (κ2) is 5.77. The zero-order valence-electron chi connectivity index (χ0n) is 16.0. The van der Waals surface area contributed by atoms with Crippen molar-refractivity contribution in [1.82, 2.24) is 9.55 Å². The number of para-hydroxylation sites is 2. The molecule has 0 fully saturated rings. The van der Waals surface area contributed by atoms with E-state index in [4.69, 9.17) is 4.98 Å². The third-order valence-corrected chi connectivity index (χ3v) is 5.16. The molecule has 2 aromatic carbocycles. The number of benzene rings is 2. The average molecular weight is 320 g/mol. The first-order chi connectivity index (χ1) is 11.2. The Labute approximate surface area is 145 Å². The van der Waals surface area contributed by atoms with Crippen molar-refractivity contribution < 1.29 is 0 Å². The van der Waals surface area contributed by atoms with Gasteiger partial charge in [-0.15, -0.1) is 0 Å². The van der Waals surface area contributed by atoms with Crippen molar-refractivity contribution in [3.8, 4) is 0 Å². The summed E-state index contributed by atoms with van der Waals surface area (Å²) in [7, 11) is 0. The van der Waals surface area contributed by atoms with Crippen molar-refractivity contribution >= 4 is 11.0 Å². The van der Waals surface area contributed by atoms with E-state index in [2.05, 4.69) is 83.4 Å². The monoisotopic (exact) mass is 320 g/mol. The number of aryl methyl sites for hydroxylation is 2. The summed E-state index contributed by atoms with van der Waals surface area (Å²) in [6, 6.07) is 10.8. The third kappa shape index (κ3) is 2.75. The fourth-order valence-electron chi connectivity index (χ4n) is 3.50. The molecule has 3 aromatic rings. The predicted molar refractivity (Wildman–Crippen MR) is 103 cm³/mol. The normalized spacial score (nSPS) is 12.1. The lowest BCUT2D eigenvalue weighted by molar-refractivity contribution is 0.515. The van der Waals surface area contributed by atoms with Gasteiger partial charge in [-0.3, -0.25) is 0 Å². The van der Waals surface area contributed by atoms with Crippen molar-refractivity contribution in [1.29, 1.82) is 0 Å². The average Bonchev–Trinajstić information content (AvgIpc) is 2.88. The molecule has 24 heavy (non-hydrogen) atoms. The van der Waals surface area contributed by atoms with Crippen LogP contribution in [0.4, 0.5) is 0 Å². The van der Waals surface area contributed by atoms with Gasteiger partial charge in [-0.1, -0.05) is 39.0 Å².